The smallest absolute Gasteiger partial charge is 0.116 e. The molecule has 10 heteroatoms. The minimum Gasteiger partial charge on any atom is -0.508 e. The highest BCUT2D eigenvalue weighted by Crippen LogP contribution is 2.51. The first-order chi connectivity index (χ1) is 13.7. The third-order valence-corrected chi connectivity index (χ3v) is 6.49. The van der Waals surface area contributed by atoms with Crippen molar-refractivity contribution in [2.75, 3.05) is 38.0 Å². The van der Waals surface area contributed by atoms with E-state index in [2.05, 4.69) is 40.9 Å². The van der Waals surface area contributed by atoms with E-state index in [1.807, 2.05) is 12.1 Å². The molecule has 1 aromatic heterocycles. The van der Waals surface area contributed by atoms with Crippen LogP contribution >= 0.6 is 49.0 Å². The van der Waals surface area contributed by atoms with Crippen LogP contribution in [0, 0.1) is 0 Å². The number of phenolic OH excluding ortho intramolecular Hbond substituents is 1. The first-order valence-corrected chi connectivity index (χ1v) is 10.7. The van der Waals surface area contributed by atoms with Gasteiger partial charge >= 0.3 is 0 Å². The fourth-order valence-corrected chi connectivity index (χ4v) is 4.90. The predicted octanol–water partition coefficient (Wildman–Crippen LogP) is 4.85. The van der Waals surface area contributed by atoms with Gasteiger partial charge in [-0.2, -0.15) is 5.10 Å². The molecule has 0 atom stereocenters. The molecule has 0 saturated carbocycles. The average Bonchev–Trinajstić information content (AvgIpc) is 3.08. The van der Waals surface area contributed by atoms with Crippen LogP contribution in [0.25, 0.3) is 22.2 Å². The SMILES string of the molecule is CCN(CC)CCn1nc2c3c(c(NCCN)ccc31)Sc1ccc(O)cc1-2.Cl.Cl.Cl. The summed E-state index contributed by atoms with van der Waals surface area (Å²) in [4.78, 5) is 4.70. The topological polar surface area (TPSA) is 79.3 Å². The zero-order chi connectivity index (χ0) is 19.7. The summed E-state index contributed by atoms with van der Waals surface area (Å²) in [6.07, 6.45) is 0. The molecule has 6 nitrogen and oxygen atoms in total. The van der Waals surface area contributed by atoms with Gasteiger partial charge in [-0.25, -0.2) is 0 Å². The third-order valence-electron chi connectivity index (χ3n) is 5.28. The fraction of sp³-hybridized carbons (Fsp3) is 0.381. The van der Waals surface area contributed by atoms with Crippen LogP contribution in [0.4, 0.5) is 5.69 Å². The molecule has 4 N–H and O–H groups in total. The number of hydrogen-bond acceptors (Lipinski definition) is 6. The molecule has 0 bridgehead atoms. The van der Waals surface area contributed by atoms with E-state index >= 15 is 0 Å². The molecular formula is C21H30Cl3N5OS. The Balaban J connectivity index is 0.00000160. The maximum Gasteiger partial charge on any atom is 0.116 e. The Morgan fingerprint density at radius 3 is 2.55 bits per heavy atom. The highest BCUT2D eigenvalue weighted by Gasteiger charge is 2.26. The lowest BCUT2D eigenvalue weighted by Crippen LogP contribution is -2.27. The van der Waals surface area contributed by atoms with Crippen molar-refractivity contribution in [3.05, 3.63) is 30.3 Å². The number of aromatic nitrogens is 2. The van der Waals surface area contributed by atoms with E-state index in [0.29, 0.717) is 6.54 Å². The highest BCUT2D eigenvalue weighted by atomic mass is 35.5. The Morgan fingerprint density at radius 1 is 1.13 bits per heavy atom. The van der Waals surface area contributed by atoms with Gasteiger partial charge in [-0.3, -0.25) is 4.68 Å². The number of fused-ring (bicyclic) bond motifs is 2. The van der Waals surface area contributed by atoms with Crippen molar-refractivity contribution in [2.45, 2.75) is 30.2 Å². The highest BCUT2D eigenvalue weighted by molar-refractivity contribution is 8.00. The number of anilines is 1. The molecule has 3 aromatic rings. The summed E-state index contributed by atoms with van der Waals surface area (Å²) in [5.74, 6) is 0.269. The van der Waals surface area contributed by atoms with Crippen molar-refractivity contribution < 1.29 is 5.11 Å². The average molecular weight is 507 g/mol. The van der Waals surface area contributed by atoms with Gasteiger partial charge in [0.25, 0.3) is 0 Å². The van der Waals surface area contributed by atoms with Gasteiger partial charge in [0.15, 0.2) is 0 Å². The monoisotopic (exact) mass is 505 g/mol. The van der Waals surface area contributed by atoms with E-state index in [1.54, 1.807) is 17.8 Å². The fourth-order valence-electron chi connectivity index (χ4n) is 3.73. The molecule has 0 spiro atoms. The first-order valence-electron chi connectivity index (χ1n) is 9.87. The van der Waals surface area contributed by atoms with Gasteiger partial charge < -0.3 is 21.1 Å². The Kier molecular flexibility index (Phi) is 10.8. The minimum atomic E-state index is 0. The molecule has 0 unspecified atom stereocenters. The summed E-state index contributed by atoms with van der Waals surface area (Å²) >= 11 is 1.73. The van der Waals surface area contributed by atoms with E-state index in [-0.39, 0.29) is 43.0 Å². The van der Waals surface area contributed by atoms with Crippen LogP contribution in [0.2, 0.25) is 0 Å². The van der Waals surface area contributed by atoms with Crippen molar-refractivity contribution >= 4 is 65.6 Å². The molecule has 172 valence electrons. The van der Waals surface area contributed by atoms with Gasteiger partial charge in [-0.05, 0) is 43.4 Å². The van der Waals surface area contributed by atoms with Crippen LogP contribution in [-0.2, 0) is 6.54 Å². The van der Waals surface area contributed by atoms with E-state index in [0.717, 1.165) is 65.5 Å². The second-order valence-electron chi connectivity index (χ2n) is 6.93. The van der Waals surface area contributed by atoms with Crippen LogP contribution in [0.3, 0.4) is 0 Å². The molecule has 4 rings (SSSR count). The second-order valence-corrected chi connectivity index (χ2v) is 7.99. The van der Waals surface area contributed by atoms with E-state index in [1.165, 1.54) is 4.90 Å². The van der Waals surface area contributed by atoms with Crippen LogP contribution in [0.15, 0.2) is 40.1 Å². The van der Waals surface area contributed by atoms with Gasteiger partial charge in [0.05, 0.1) is 12.1 Å². The number of nitrogens with two attached hydrogens (primary N) is 1. The maximum absolute atomic E-state index is 10.0. The second kappa shape index (κ2) is 12.0. The summed E-state index contributed by atoms with van der Waals surface area (Å²) in [6, 6.07) is 9.80. The zero-order valence-corrected chi connectivity index (χ0v) is 20.9. The predicted molar refractivity (Wildman–Crippen MR) is 138 cm³/mol. The minimum absolute atomic E-state index is 0. The number of benzene rings is 2. The molecule has 0 saturated heterocycles. The van der Waals surface area contributed by atoms with Gasteiger partial charge in [-0.1, -0.05) is 25.6 Å². The van der Waals surface area contributed by atoms with Crippen molar-refractivity contribution in [1.82, 2.24) is 14.7 Å². The Bertz CT molecular complexity index is 1010. The van der Waals surface area contributed by atoms with Crippen LogP contribution in [0.5, 0.6) is 5.75 Å². The Hall–Kier alpha value is -1.35. The summed E-state index contributed by atoms with van der Waals surface area (Å²) in [5.41, 5.74) is 9.87. The van der Waals surface area contributed by atoms with Crippen molar-refractivity contribution in [2.24, 2.45) is 5.73 Å². The summed E-state index contributed by atoms with van der Waals surface area (Å²) in [7, 11) is 0. The van der Waals surface area contributed by atoms with Crippen molar-refractivity contribution in [1.29, 1.82) is 0 Å². The van der Waals surface area contributed by atoms with Gasteiger partial charge in [-0.15, -0.1) is 37.2 Å². The van der Waals surface area contributed by atoms with Crippen LogP contribution in [0.1, 0.15) is 13.8 Å². The van der Waals surface area contributed by atoms with Crippen molar-refractivity contribution in [3.63, 3.8) is 0 Å². The lowest BCUT2D eigenvalue weighted by atomic mass is 10.1. The number of halogens is 3. The number of aromatic hydroxyl groups is 1. The Labute approximate surface area is 206 Å². The molecule has 1 aliphatic heterocycles. The molecule has 0 fully saturated rings. The number of nitrogens with zero attached hydrogens (tertiary/aromatic N) is 3. The number of hydrogen-bond donors (Lipinski definition) is 3. The summed E-state index contributed by atoms with van der Waals surface area (Å²) < 4.78 is 2.11. The van der Waals surface area contributed by atoms with E-state index < -0.39 is 0 Å². The maximum atomic E-state index is 10.0. The number of likely N-dealkylation sites (N-methyl/N-ethyl adjacent to an activating group) is 1. The quantitative estimate of drug-likeness (QED) is 0.317. The largest absolute Gasteiger partial charge is 0.508 e. The molecular weight excluding hydrogens is 477 g/mol. The molecule has 0 aliphatic carbocycles. The van der Waals surface area contributed by atoms with Gasteiger partial charge in [0.2, 0.25) is 0 Å². The molecule has 2 aromatic carbocycles. The summed E-state index contributed by atoms with van der Waals surface area (Å²) in [6.45, 7) is 9.56. The normalized spacial score (nSPS) is 11.4. The van der Waals surface area contributed by atoms with E-state index in [9.17, 15) is 5.11 Å². The molecule has 0 radical (unpaired) electrons. The third kappa shape index (κ3) is 5.35. The summed E-state index contributed by atoms with van der Waals surface area (Å²) in [5, 5.41) is 19.6. The lowest BCUT2D eigenvalue weighted by molar-refractivity contribution is 0.287. The lowest BCUT2D eigenvalue weighted by Gasteiger charge is -2.19. The zero-order valence-electron chi connectivity index (χ0n) is 17.6. The van der Waals surface area contributed by atoms with Gasteiger partial charge in [0, 0.05) is 46.1 Å². The molecule has 31 heavy (non-hydrogen) atoms. The number of rotatable bonds is 8. The van der Waals surface area contributed by atoms with Crippen LogP contribution in [-0.4, -0.2) is 52.5 Å². The molecule has 2 heterocycles. The van der Waals surface area contributed by atoms with Crippen molar-refractivity contribution in [3.8, 4) is 17.0 Å². The Morgan fingerprint density at radius 2 is 1.87 bits per heavy atom. The number of nitrogens with one attached hydrogen (secondary N) is 1. The van der Waals surface area contributed by atoms with Gasteiger partial charge in [0.1, 0.15) is 11.4 Å². The standard InChI is InChI=1S/C21H27N5OS.3ClH/c1-3-25(4-2)11-12-26-17-7-6-16(23-10-9-22)21-19(17)20(24-26)15-13-14(27)5-8-18(15)28-21;;;/h5-8,13,23,27H,3-4,9-12,22H2,1-2H3;3*1H. The van der Waals surface area contributed by atoms with E-state index in [4.69, 9.17) is 10.8 Å². The molecule has 0 amide bonds. The number of phenols is 1. The van der Waals surface area contributed by atoms with Crippen LogP contribution < -0.4 is 11.1 Å². The molecule has 1 aliphatic rings. The first kappa shape index (κ1) is 27.7.